The van der Waals surface area contributed by atoms with Crippen LogP contribution in [0.3, 0.4) is 0 Å². The molecule has 0 aliphatic heterocycles. The summed E-state index contributed by atoms with van der Waals surface area (Å²) in [7, 11) is 0. The fraction of sp³-hybridized carbons (Fsp3) is 0.714. The molecule has 0 aromatic rings. The van der Waals surface area contributed by atoms with E-state index >= 15 is 0 Å². The minimum absolute atomic E-state index is 0. The number of hydrogen-bond acceptors (Lipinski definition) is 0. The average molecular weight is 202 g/mol. The molecule has 0 unspecified atom stereocenters. The van der Waals surface area contributed by atoms with E-state index in [2.05, 4.69) is 20.3 Å². The molecule has 1 radical (unpaired) electrons. The van der Waals surface area contributed by atoms with E-state index in [-0.39, 0.29) is 32.7 Å². The van der Waals surface area contributed by atoms with E-state index in [4.69, 9.17) is 5.41 Å². The van der Waals surface area contributed by atoms with Gasteiger partial charge in [0.15, 0.2) is 0 Å². The van der Waals surface area contributed by atoms with Crippen LogP contribution < -0.4 is 0 Å². The Bertz CT molecular complexity index is 46.9. The molecule has 53 valence electrons. The monoisotopic (exact) mass is 202 g/mol. The van der Waals surface area contributed by atoms with Crippen molar-refractivity contribution in [2.75, 3.05) is 0 Å². The zero-order chi connectivity index (χ0) is 6.99. The van der Waals surface area contributed by atoms with Gasteiger partial charge in [-0.1, -0.05) is 20.8 Å². The molecule has 0 saturated carbocycles. The summed E-state index contributed by atoms with van der Waals surface area (Å²) < 4.78 is 0. The second-order valence-corrected chi connectivity index (χ2v) is 1.76. The first-order valence-electron chi connectivity index (χ1n) is 2.92. The van der Waals surface area contributed by atoms with Crippen LogP contribution in [0.5, 0.6) is 0 Å². The molecule has 2 heteroatoms. The molecule has 0 N–H and O–H groups in total. The molecule has 0 bridgehead atoms. The third-order valence-corrected chi connectivity index (χ3v) is 0.408. The van der Waals surface area contributed by atoms with Crippen LogP contribution in [-0.2, 0) is 32.7 Å². The van der Waals surface area contributed by atoms with Crippen molar-refractivity contribution >= 4 is 5.71 Å². The van der Waals surface area contributed by atoms with Gasteiger partial charge in [0.25, 0.3) is 0 Å². The molecule has 1 nitrogen and oxygen atoms in total. The summed E-state index contributed by atoms with van der Waals surface area (Å²) in [5, 5.41) is 7.97. The van der Waals surface area contributed by atoms with E-state index in [1.165, 1.54) is 6.42 Å². The van der Waals surface area contributed by atoms with Crippen LogP contribution in [0.25, 0.3) is 5.41 Å². The Balaban J connectivity index is -0.0000000720. The van der Waals surface area contributed by atoms with Crippen LogP contribution in [0.1, 0.15) is 34.1 Å². The first kappa shape index (κ1) is 16.4. The maximum absolute atomic E-state index is 7.97. The van der Waals surface area contributed by atoms with Gasteiger partial charge in [-0.3, -0.25) is 0 Å². The quantitative estimate of drug-likeness (QED) is 0.460. The van der Waals surface area contributed by atoms with Gasteiger partial charge in [0.1, 0.15) is 0 Å². The standard InChI is InChI=1S/C4H9.C3H6N.Y/c1-3-4-2;1-3(2)4;/h3H,4H2,1-2H3;1-2H3;/q2*-1;. The third-order valence-electron chi connectivity index (χ3n) is 0.408. The number of rotatable bonds is 1. The summed E-state index contributed by atoms with van der Waals surface area (Å²) >= 11 is 0. The Labute approximate surface area is 84.0 Å². The van der Waals surface area contributed by atoms with Gasteiger partial charge in [-0.15, -0.1) is 0 Å². The molecule has 9 heavy (non-hydrogen) atoms. The van der Waals surface area contributed by atoms with E-state index in [9.17, 15) is 0 Å². The minimum atomic E-state index is 0. The van der Waals surface area contributed by atoms with Gasteiger partial charge >= 0.3 is 0 Å². The molecule has 0 saturated heterocycles. The van der Waals surface area contributed by atoms with Crippen LogP contribution in [-0.4, -0.2) is 5.71 Å². The SMILES string of the molecule is CC(C)=[N-].C[CH-]CC.[Y]. The Morgan fingerprint density at radius 2 is 1.56 bits per heavy atom. The smallest absolute Gasteiger partial charge is 0 e. The summed E-state index contributed by atoms with van der Waals surface area (Å²) in [6, 6.07) is 0. The molecule has 0 aliphatic rings. The maximum atomic E-state index is 7.97. The predicted octanol–water partition coefficient (Wildman–Crippen LogP) is 2.65. The number of hydrogen-bond donors (Lipinski definition) is 0. The average Bonchev–Trinajstić information content (AvgIpc) is 1.65. The van der Waals surface area contributed by atoms with Crippen molar-refractivity contribution in [1.29, 1.82) is 0 Å². The Kier molecular flexibility index (Phi) is 29.0. The molecule has 0 aromatic heterocycles. The molecular weight excluding hydrogens is 187 g/mol. The third kappa shape index (κ3) is 128. The molecule has 0 heterocycles. The number of unbranched alkanes of at least 4 members (excludes halogenated alkanes) is 1. The first-order chi connectivity index (χ1) is 3.65. The summed E-state index contributed by atoms with van der Waals surface area (Å²) in [6.07, 6.45) is 3.32. The van der Waals surface area contributed by atoms with Gasteiger partial charge in [0.2, 0.25) is 0 Å². The van der Waals surface area contributed by atoms with Gasteiger partial charge in [-0.2, -0.15) is 13.3 Å². The molecule has 0 fully saturated rings. The van der Waals surface area contributed by atoms with Crippen molar-refractivity contribution in [1.82, 2.24) is 0 Å². The van der Waals surface area contributed by atoms with Gasteiger partial charge in [-0.25, -0.2) is 5.71 Å². The molecule has 0 spiro atoms. The van der Waals surface area contributed by atoms with Crippen molar-refractivity contribution in [2.45, 2.75) is 34.1 Å². The minimum Gasteiger partial charge on any atom is -0.812 e. The fourth-order valence-corrected chi connectivity index (χ4v) is 0. The van der Waals surface area contributed by atoms with Gasteiger partial charge < -0.3 is 11.8 Å². The topological polar surface area (TPSA) is 22.3 Å². The Morgan fingerprint density at radius 1 is 1.44 bits per heavy atom. The van der Waals surface area contributed by atoms with Gasteiger partial charge in [0, 0.05) is 32.7 Å². The summed E-state index contributed by atoms with van der Waals surface area (Å²) in [4.78, 5) is 0. The van der Waals surface area contributed by atoms with E-state index in [1.807, 2.05) is 0 Å². The summed E-state index contributed by atoms with van der Waals surface area (Å²) in [5.41, 5.74) is 0.417. The summed E-state index contributed by atoms with van der Waals surface area (Å²) in [5.74, 6) is 0. The number of nitrogens with zero attached hydrogens (tertiary/aromatic N) is 1. The molecule has 0 aromatic carbocycles. The van der Waals surface area contributed by atoms with Crippen LogP contribution in [0.15, 0.2) is 0 Å². The van der Waals surface area contributed by atoms with E-state index in [1.54, 1.807) is 13.8 Å². The van der Waals surface area contributed by atoms with E-state index < -0.39 is 0 Å². The fourth-order valence-electron chi connectivity index (χ4n) is 0. The second-order valence-electron chi connectivity index (χ2n) is 1.76. The van der Waals surface area contributed by atoms with Gasteiger partial charge in [0.05, 0.1) is 0 Å². The van der Waals surface area contributed by atoms with Crippen molar-refractivity contribution in [3.8, 4) is 0 Å². The van der Waals surface area contributed by atoms with Crippen LogP contribution in [0, 0.1) is 6.42 Å². The molecule has 0 aliphatic carbocycles. The van der Waals surface area contributed by atoms with Crippen LogP contribution in [0.4, 0.5) is 0 Å². The largest absolute Gasteiger partial charge is 0.812 e. The molecule has 0 rings (SSSR count). The van der Waals surface area contributed by atoms with Crippen LogP contribution >= 0.6 is 0 Å². The van der Waals surface area contributed by atoms with Crippen LogP contribution in [0.2, 0.25) is 0 Å². The van der Waals surface area contributed by atoms with Crippen molar-refractivity contribution in [3.63, 3.8) is 0 Å². The zero-order valence-electron chi connectivity index (χ0n) is 6.81. The molecule has 0 amide bonds. The Morgan fingerprint density at radius 3 is 1.56 bits per heavy atom. The Hall–Kier alpha value is 0.774. The predicted molar refractivity (Wildman–Crippen MR) is 40.0 cm³/mol. The molecular formula is C7H15NY-2. The van der Waals surface area contributed by atoms with Gasteiger partial charge in [-0.05, 0) is 0 Å². The van der Waals surface area contributed by atoms with E-state index in [0.29, 0.717) is 5.71 Å². The molecule has 0 atom stereocenters. The normalized spacial score (nSPS) is 6.22. The second kappa shape index (κ2) is 15.9. The summed E-state index contributed by atoms with van der Waals surface area (Å²) in [6.45, 7) is 7.46. The first-order valence-corrected chi connectivity index (χ1v) is 2.92. The van der Waals surface area contributed by atoms with Crippen molar-refractivity contribution in [2.24, 2.45) is 0 Å². The van der Waals surface area contributed by atoms with E-state index in [0.717, 1.165) is 0 Å². The van der Waals surface area contributed by atoms with Crippen molar-refractivity contribution < 1.29 is 32.7 Å². The van der Waals surface area contributed by atoms with Crippen molar-refractivity contribution in [3.05, 3.63) is 11.8 Å². The zero-order valence-corrected chi connectivity index (χ0v) is 9.65. The maximum Gasteiger partial charge on any atom is 0 e.